The first-order chi connectivity index (χ1) is 7.66. The maximum absolute atomic E-state index is 11.9. The van der Waals surface area contributed by atoms with E-state index in [1.165, 1.54) is 19.3 Å². The smallest absolute Gasteiger partial charge is 0.236 e. The van der Waals surface area contributed by atoms with Gasteiger partial charge >= 0.3 is 0 Å². The maximum Gasteiger partial charge on any atom is 0.236 e. The highest BCUT2D eigenvalue weighted by molar-refractivity contribution is 5.79. The van der Waals surface area contributed by atoms with Gasteiger partial charge in [-0.2, -0.15) is 0 Å². The summed E-state index contributed by atoms with van der Waals surface area (Å²) >= 11 is 0. The Morgan fingerprint density at radius 2 is 1.81 bits per heavy atom. The number of carbonyl (C=O) groups excluding carboxylic acids is 1. The molecule has 2 heterocycles. The number of likely N-dealkylation sites (tertiary alicyclic amines) is 2. The van der Waals surface area contributed by atoms with Gasteiger partial charge in [-0.15, -0.1) is 0 Å². The molecule has 0 unspecified atom stereocenters. The summed E-state index contributed by atoms with van der Waals surface area (Å²) in [6.45, 7) is 9.37. The monoisotopic (exact) mass is 224 g/mol. The van der Waals surface area contributed by atoms with Crippen molar-refractivity contribution in [1.29, 1.82) is 0 Å². The van der Waals surface area contributed by atoms with Crippen molar-refractivity contribution in [2.45, 2.75) is 33.1 Å². The first kappa shape index (κ1) is 11.9. The molecule has 2 aliphatic rings. The van der Waals surface area contributed by atoms with Gasteiger partial charge < -0.3 is 4.90 Å². The standard InChI is InChI=1S/C13H24N2O/c1-11(2)12-8-15(9-12)13(16)10-14-6-4-3-5-7-14/h11-12H,3-10H2,1-2H3. The topological polar surface area (TPSA) is 23.6 Å². The second-order valence-corrected chi connectivity index (χ2v) is 5.64. The first-order valence-corrected chi connectivity index (χ1v) is 6.67. The molecule has 2 aliphatic heterocycles. The molecule has 0 N–H and O–H groups in total. The van der Waals surface area contributed by atoms with Gasteiger partial charge in [0.05, 0.1) is 6.54 Å². The maximum atomic E-state index is 11.9. The van der Waals surface area contributed by atoms with Gasteiger partial charge in [-0.1, -0.05) is 20.3 Å². The molecule has 3 heteroatoms. The van der Waals surface area contributed by atoms with Crippen molar-refractivity contribution in [3.05, 3.63) is 0 Å². The number of hydrogen-bond donors (Lipinski definition) is 0. The quantitative estimate of drug-likeness (QED) is 0.727. The zero-order valence-electron chi connectivity index (χ0n) is 10.6. The molecular formula is C13H24N2O. The van der Waals surface area contributed by atoms with E-state index in [0.717, 1.165) is 38.0 Å². The Morgan fingerprint density at radius 3 is 2.38 bits per heavy atom. The summed E-state index contributed by atoms with van der Waals surface area (Å²) in [5.41, 5.74) is 0. The molecule has 0 atom stereocenters. The van der Waals surface area contributed by atoms with E-state index in [0.29, 0.717) is 12.5 Å². The molecule has 2 saturated heterocycles. The number of piperidine rings is 1. The van der Waals surface area contributed by atoms with Crippen LogP contribution in [0.15, 0.2) is 0 Å². The molecular weight excluding hydrogens is 200 g/mol. The minimum absolute atomic E-state index is 0.346. The summed E-state index contributed by atoms with van der Waals surface area (Å²) in [5.74, 6) is 1.81. The Hall–Kier alpha value is -0.570. The fourth-order valence-electron chi connectivity index (χ4n) is 2.55. The average Bonchev–Trinajstić information content (AvgIpc) is 2.15. The van der Waals surface area contributed by atoms with Crippen LogP contribution in [0.1, 0.15) is 33.1 Å². The zero-order chi connectivity index (χ0) is 11.5. The van der Waals surface area contributed by atoms with Crippen molar-refractivity contribution in [3.8, 4) is 0 Å². The molecule has 0 bridgehead atoms. The minimum Gasteiger partial charge on any atom is -0.341 e. The van der Waals surface area contributed by atoms with Crippen LogP contribution in [0.5, 0.6) is 0 Å². The predicted octanol–water partition coefficient (Wildman–Crippen LogP) is 1.59. The number of nitrogens with zero attached hydrogens (tertiary/aromatic N) is 2. The van der Waals surface area contributed by atoms with Crippen LogP contribution in [0.4, 0.5) is 0 Å². The largest absolute Gasteiger partial charge is 0.341 e. The van der Waals surface area contributed by atoms with Crippen molar-refractivity contribution < 1.29 is 4.79 Å². The van der Waals surface area contributed by atoms with E-state index in [1.807, 2.05) is 4.90 Å². The molecule has 0 aliphatic carbocycles. The third-order valence-corrected chi connectivity index (χ3v) is 4.01. The van der Waals surface area contributed by atoms with Crippen LogP contribution in [0.3, 0.4) is 0 Å². The average molecular weight is 224 g/mol. The van der Waals surface area contributed by atoms with E-state index in [-0.39, 0.29) is 0 Å². The molecule has 0 aromatic heterocycles. The molecule has 92 valence electrons. The van der Waals surface area contributed by atoms with Gasteiger partial charge in [0, 0.05) is 13.1 Å². The van der Waals surface area contributed by atoms with E-state index in [1.54, 1.807) is 0 Å². The molecule has 0 aromatic rings. The van der Waals surface area contributed by atoms with Crippen LogP contribution >= 0.6 is 0 Å². The summed E-state index contributed by atoms with van der Waals surface area (Å²) in [6, 6.07) is 0. The highest BCUT2D eigenvalue weighted by atomic mass is 16.2. The summed E-state index contributed by atoms with van der Waals surface area (Å²) in [4.78, 5) is 16.3. The van der Waals surface area contributed by atoms with Gasteiger partial charge in [0.15, 0.2) is 0 Å². The predicted molar refractivity (Wildman–Crippen MR) is 65.2 cm³/mol. The van der Waals surface area contributed by atoms with Crippen molar-refractivity contribution in [3.63, 3.8) is 0 Å². The van der Waals surface area contributed by atoms with Gasteiger partial charge in [0.1, 0.15) is 0 Å². The molecule has 2 fully saturated rings. The van der Waals surface area contributed by atoms with E-state index in [9.17, 15) is 4.79 Å². The Kier molecular flexibility index (Phi) is 3.85. The molecule has 0 saturated carbocycles. The third kappa shape index (κ3) is 2.76. The number of hydrogen-bond acceptors (Lipinski definition) is 2. The fourth-order valence-corrected chi connectivity index (χ4v) is 2.55. The van der Waals surface area contributed by atoms with Crippen LogP contribution < -0.4 is 0 Å². The number of carbonyl (C=O) groups is 1. The SMILES string of the molecule is CC(C)C1CN(C(=O)CN2CCCCC2)C1. The lowest BCUT2D eigenvalue weighted by Gasteiger charge is -2.42. The second kappa shape index (κ2) is 5.17. The molecule has 16 heavy (non-hydrogen) atoms. The van der Waals surface area contributed by atoms with Gasteiger partial charge in [0.25, 0.3) is 0 Å². The Labute approximate surface area is 98.8 Å². The minimum atomic E-state index is 0.346. The third-order valence-electron chi connectivity index (χ3n) is 4.01. The Bertz CT molecular complexity index is 240. The van der Waals surface area contributed by atoms with Crippen molar-refractivity contribution in [2.24, 2.45) is 11.8 Å². The lowest BCUT2D eigenvalue weighted by molar-refractivity contribution is -0.140. The lowest BCUT2D eigenvalue weighted by atomic mass is 9.88. The van der Waals surface area contributed by atoms with Crippen LogP contribution in [0.2, 0.25) is 0 Å². The van der Waals surface area contributed by atoms with Crippen LogP contribution in [-0.2, 0) is 4.79 Å². The lowest BCUT2D eigenvalue weighted by Crippen LogP contribution is -2.54. The normalized spacial score (nSPS) is 23.6. The van der Waals surface area contributed by atoms with Crippen LogP contribution in [0, 0.1) is 11.8 Å². The second-order valence-electron chi connectivity index (χ2n) is 5.64. The van der Waals surface area contributed by atoms with Crippen molar-refractivity contribution in [1.82, 2.24) is 9.80 Å². The summed E-state index contributed by atoms with van der Waals surface area (Å²) in [7, 11) is 0. The molecule has 2 rings (SSSR count). The van der Waals surface area contributed by atoms with Crippen molar-refractivity contribution >= 4 is 5.91 Å². The molecule has 0 aromatic carbocycles. The van der Waals surface area contributed by atoms with E-state index in [4.69, 9.17) is 0 Å². The molecule has 0 spiro atoms. The highest BCUT2D eigenvalue weighted by Gasteiger charge is 2.32. The molecule has 0 radical (unpaired) electrons. The Balaban J connectivity index is 1.69. The van der Waals surface area contributed by atoms with E-state index in [2.05, 4.69) is 18.7 Å². The summed E-state index contributed by atoms with van der Waals surface area (Å²) in [5, 5.41) is 0. The molecule has 1 amide bonds. The summed E-state index contributed by atoms with van der Waals surface area (Å²) in [6.07, 6.45) is 3.87. The van der Waals surface area contributed by atoms with E-state index >= 15 is 0 Å². The van der Waals surface area contributed by atoms with E-state index < -0.39 is 0 Å². The number of amides is 1. The number of rotatable bonds is 3. The van der Waals surface area contributed by atoms with Crippen molar-refractivity contribution in [2.75, 3.05) is 32.7 Å². The van der Waals surface area contributed by atoms with Gasteiger partial charge in [-0.25, -0.2) is 0 Å². The molecule has 3 nitrogen and oxygen atoms in total. The highest BCUT2D eigenvalue weighted by Crippen LogP contribution is 2.23. The fraction of sp³-hybridized carbons (Fsp3) is 0.923. The van der Waals surface area contributed by atoms with Crippen LogP contribution in [-0.4, -0.2) is 48.4 Å². The Morgan fingerprint density at radius 1 is 1.19 bits per heavy atom. The first-order valence-electron chi connectivity index (χ1n) is 6.67. The van der Waals surface area contributed by atoms with Gasteiger partial charge in [-0.3, -0.25) is 9.69 Å². The van der Waals surface area contributed by atoms with Crippen LogP contribution in [0.25, 0.3) is 0 Å². The van der Waals surface area contributed by atoms with Gasteiger partial charge in [-0.05, 0) is 37.8 Å². The summed E-state index contributed by atoms with van der Waals surface area (Å²) < 4.78 is 0. The zero-order valence-corrected chi connectivity index (χ0v) is 10.6. The van der Waals surface area contributed by atoms with Gasteiger partial charge in [0.2, 0.25) is 5.91 Å².